The summed E-state index contributed by atoms with van der Waals surface area (Å²) in [5, 5.41) is 0.569. The Hall–Kier alpha value is -2.76. The Morgan fingerprint density at radius 1 is 1.08 bits per heavy atom. The van der Waals surface area contributed by atoms with Gasteiger partial charge in [-0.05, 0) is 35.7 Å². The number of H-pyrrole nitrogens is 1. The van der Waals surface area contributed by atoms with E-state index in [1.807, 2.05) is 12.1 Å². The lowest BCUT2D eigenvalue weighted by Crippen LogP contribution is -2.17. The van der Waals surface area contributed by atoms with Gasteiger partial charge in [0.1, 0.15) is 5.75 Å². The van der Waals surface area contributed by atoms with Gasteiger partial charge in [0.25, 0.3) is 0 Å². The van der Waals surface area contributed by atoms with Crippen molar-refractivity contribution in [3.05, 3.63) is 64.4 Å². The molecule has 0 radical (unpaired) electrons. The molecule has 1 aromatic heterocycles. The van der Waals surface area contributed by atoms with E-state index in [4.69, 9.17) is 0 Å². The Kier molecular flexibility index (Phi) is 4.53. The Balaban J connectivity index is 2.02. The molecule has 130 valence electrons. The van der Waals surface area contributed by atoms with Crippen LogP contribution in [0.3, 0.4) is 0 Å². The summed E-state index contributed by atoms with van der Waals surface area (Å²) in [5.74, 6) is -0.321. The predicted octanol–water partition coefficient (Wildman–Crippen LogP) is 5.05. The molecule has 1 heterocycles. The van der Waals surface area contributed by atoms with Crippen LogP contribution in [0.15, 0.2) is 53.5 Å². The van der Waals surface area contributed by atoms with E-state index in [0.717, 1.165) is 23.9 Å². The molecule has 0 fully saturated rings. The second-order valence-corrected chi connectivity index (χ2v) is 5.69. The number of nitrogens with one attached hydrogen (secondary N) is 1. The summed E-state index contributed by atoms with van der Waals surface area (Å²) in [5.41, 5.74) is 2.64. The summed E-state index contributed by atoms with van der Waals surface area (Å²) in [7, 11) is 0. The quantitative estimate of drug-likeness (QED) is 0.718. The average Bonchev–Trinajstić information content (AvgIpc) is 2.56. The van der Waals surface area contributed by atoms with Crippen LogP contribution in [0.2, 0.25) is 0 Å². The molecule has 0 aliphatic carbocycles. The van der Waals surface area contributed by atoms with Crippen molar-refractivity contribution in [2.75, 3.05) is 0 Å². The van der Waals surface area contributed by atoms with Gasteiger partial charge < -0.3 is 9.72 Å². The second-order valence-electron chi connectivity index (χ2n) is 5.69. The summed E-state index contributed by atoms with van der Waals surface area (Å²) in [6, 6.07) is 10.8. The van der Waals surface area contributed by atoms with Gasteiger partial charge in [-0.1, -0.05) is 37.6 Å². The third-order valence-corrected chi connectivity index (χ3v) is 3.92. The molecule has 25 heavy (non-hydrogen) atoms. The fourth-order valence-electron chi connectivity index (χ4n) is 2.84. The molecule has 3 rings (SSSR count). The number of aromatic amines is 1. The van der Waals surface area contributed by atoms with E-state index in [-0.39, 0.29) is 11.2 Å². The summed E-state index contributed by atoms with van der Waals surface area (Å²) in [6.07, 6.45) is -1.32. The number of fused-ring (bicyclic) bond motifs is 1. The number of aryl methyl sites for hydroxylation is 1. The maximum absolute atomic E-state index is 12.8. The SMILES string of the molecule is CCCc1cccc2c(=O)c(-c3ccc(OC(F)(F)F)cc3)c[nH]c12. The first kappa shape index (κ1) is 17.1. The van der Waals surface area contributed by atoms with Crippen molar-refractivity contribution < 1.29 is 17.9 Å². The fraction of sp³-hybridized carbons (Fsp3) is 0.211. The highest BCUT2D eigenvalue weighted by molar-refractivity contribution is 5.85. The van der Waals surface area contributed by atoms with Gasteiger partial charge in [-0.2, -0.15) is 0 Å². The minimum Gasteiger partial charge on any atom is -0.406 e. The van der Waals surface area contributed by atoms with Gasteiger partial charge in [0.05, 0.1) is 5.52 Å². The Morgan fingerprint density at radius 3 is 2.44 bits per heavy atom. The number of rotatable bonds is 4. The van der Waals surface area contributed by atoms with E-state index in [1.54, 1.807) is 12.3 Å². The number of hydrogen-bond acceptors (Lipinski definition) is 2. The predicted molar refractivity (Wildman–Crippen MR) is 90.7 cm³/mol. The number of para-hydroxylation sites is 1. The number of aromatic nitrogens is 1. The maximum Gasteiger partial charge on any atom is 0.573 e. The zero-order valence-electron chi connectivity index (χ0n) is 13.5. The molecule has 2 aromatic carbocycles. The second kappa shape index (κ2) is 6.63. The smallest absolute Gasteiger partial charge is 0.406 e. The van der Waals surface area contributed by atoms with E-state index in [9.17, 15) is 18.0 Å². The summed E-state index contributed by atoms with van der Waals surface area (Å²) in [4.78, 5) is 15.9. The van der Waals surface area contributed by atoms with Crippen LogP contribution < -0.4 is 10.2 Å². The summed E-state index contributed by atoms with van der Waals surface area (Å²) >= 11 is 0. The minimum atomic E-state index is -4.74. The third kappa shape index (κ3) is 3.68. The molecule has 6 heteroatoms. The molecule has 0 saturated heterocycles. The van der Waals surface area contributed by atoms with Crippen LogP contribution in [0.25, 0.3) is 22.0 Å². The molecule has 0 atom stereocenters. The highest BCUT2D eigenvalue weighted by Gasteiger charge is 2.31. The average molecular weight is 347 g/mol. The lowest BCUT2D eigenvalue weighted by atomic mass is 10.0. The van der Waals surface area contributed by atoms with Crippen LogP contribution >= 0.6 is 0 Å². The Bertz CT molecular complexity index is 944. The van der Waals surface area contributed by atoms with Gasteiger partial charge >= 0.3 is 6.36 Å². The largest absolute Gasteiger partial charge is 0.573 e. The minimum absolute atomic E-state index is 0.156. The fourth-order valence-corrected chi connectivity index (χ4v) is 2.84. The first-order valence-electron chi connectivity index (χ1n) is 7.88. The van der Waals surface area contributed by atoms with E-state index in [1.165, 1.54) is 24.3 Å². The highest BCUT2D eigenvalue weighted by Crippen LogP contribution is 2.26. The number of halogens is 3. The van der Waals surface area contributed by atoms with Gasteiger partial charge in [0.15, 0.2) is 5.43 Å². The maximum atomic E-state index is 12.8. The molecule has 1 N–H and O–H groups in total. The van der Waals surface area contributed by atoms with Crippen LogP contribution in [-0.4, -0.2) is 11.3 Å². The first-order chi connectivity index (χ1) is 11.9. The zero-order valence-corrected chi connectivity index (χ0v) is 13.5. The number of ether oxygens (including phenoxy) is 1. The number of pyridine rings is 1. The molecule has 0 aliphatic rings. The van der Waals surface area contributed by atoms with E-state index < -0.39 is 6.36 Å². The molecule has 0 spiro atoms. The normalized spacial score (nSPS) is 11.7. The van der Waals surface area contributed by atoms with Gasteiger partial charge in [-0.15, -0.1) is 13.2 Å². The molecular weight excluding hydrogens is 331 g/mol. The van der Waals surface area contributed by atoms with E-state index in [0.29, 0.717) is 16.5 Å². The van der Waals surface area contributed by atoms with Crippen molar-refractivity contribution in [3.63, 3.8) is 0 Å². The molecule has 0 aliphatic heterocycles. The Morgan fingerprint density at radius 2 is 1.80 bits per heavy atom. The number of alkyl halides is 3. The number of hydrogen-bond donors (Lipinski definition) is 1. The van der Waals surface area contributed by atoms with Crippen molar-refractivity contribution in [2.45, 2.75) is 26.1 Å². The third-order valence-electron chi connectivity index (χ3n) is 3.92. The number of benzene rings is 2. The zero-order chi connectivity index (χ0) is 18.0. The molecule has 0 unspecified atom stereocenters. The molecule has 0 amide bonds. The van der Waals surface area contributed by atoms with Crippen molar-refractivity contribution in [1.29, 1.82) is 0 Å². The van der Waals surface area contributed by atoms with Crippen molar-refractivity contribution in [3.8, 4) is 16.9 Å². The Labute approximate surface area is 142 Å². The first-order valence-corrected chi connectivity index (χ1v) is 7.88. The van der Waals surface area contributed by atoms with Gasteiger partial charge in [0, 0.05) is 17.1 Å². The van der Waals surface area contributed by atoms with Gasteiger partial charge in [-0.25, -0.2) is 0 Å². The molecule has 3 nitrogen and oxygen atoms in total. The van der Waals surface area contributed by atoms with Gasteiger partial charge in [-0.3, -0.25) is 4.79 Å². The molecule has 0 bridgehead atoms. The van der Waals surface area contributed by atoms with Crippen LogP contribution in [-0.2, 0) is 6.42 Å². The van der Waals surface area contributed by atoms with Crippen molar-refractivity contribution >= 4 is 10.9 Å². The molecule has 0 saturated carbocycles. The standard InChI is InChI=1S/C19H16F3NO2/c1-2-4-13-5-3-6-15-17(13)23-11-16(18(15)24)12-7-9-14(10-8-12)25-19(20,21)22/h3,5-11H,2,4H2,1H3,(H,23,24). The van der Waals surface area contributed by atoms with Gasteiger partial charge in [0.2, 0.25) is 0 Å². The van der Waals surface area contributed by atoms with Crippen molar-refractivity contribution in [1.82, 2.24) is 4.98 Å². The highest BCUT2D eigenvalue weighted by atomic mass is 19.4. The molecular formula is C19H16F3NO2. The van der Waals surface area contributed by atoms with Crippen LogP contribution in [0.4, 0.5) is 13.2 Å². The monoisotopic (exact) mass is 347 g/mol. The lowest BCUT2D eigenvalue weighted by molar-refractivity contribution is -0.274. The van der Waals surface area contributed by atoms with Crippen LogP contribution in [0.5, 0.6) is 5.75 Å². The lowest BCUT2D eigenvalue weighted by Gasteiger charge is -2.10. The van der Waals surface area contributed by atoms with E-state index >= 15 is 0 Å². The topological polar surface area (TPSA) is 42.1 Å². The summed E-state index contributed by atoms with van der Waals surface area (Å²) in [6.45, 7) is 2.07. The summed E-state index contributed by atoms with van der Waals surface area (Å²) < 4.78 is 40.5. The van der Waals surface area contributed by atoms with Crippen molar-refractivity contribution in [2.24, 2.45) is 0 Å². The van der Waals surface area contributed by atoms with E-state index in [2.05, 4.69) is 16.6 Å². The van der Waals surface area contributed by atoms with Crippen LogP contribution in [0, 0.1) is 0 Å². The molecule has 3 aromatic rings. The van der Waals surface area contributed by atoms with Crippen LogP contribution in [0.1, 0.15) is 18.9 Å².